The molecule has 0 amide bonds. The molecule has 20 nitrogen and oxygen atoms in total. The van der Waals surface area contributed by atoms with Crippen molar-refractivity contribution in [3.05, 3.63) is 432 Å². The van der Waals surface area contributed by atoms with Crippen LogP contribution in [0.3, 0.4) is 0 Å². The molecule has 0 atom stereocenters. The van der Waals surface area contributed by atoms with Gasteiger partial charge in [0.1, 0.15) is 23.3 Å². The summed E-state index contributed by atoms with van der Waals surface area (Å²) in [4.78, 5) is 19.2. The van der Waals surface area contributed by atoms with Crippen molar-refractivity contribution >= 4 is 87.2 Å². The van der Waals surface area contributed by atoms with Crippen LogP contribution in [0.2, 0.25) is 0 Å². The fourth-order valence-electron chi connectivity index (χ4n) is 21.4. The second-order valence-corrected chi connectivity index (χ2v) is 38.1. The number of aryl methyl sites for hydroxylation is 4. The number of pyridine rings is 4. The van der Waals surface area contributed by atoms with Gasteiger partial charge in [0.2, 0.25) is 0 Å². The number of hydrogen-bond donors (Lipinski definition) is 0. The van der Waals surface area contributed by atoms with Gasteiger partial charge in [-0.2, -0.15) is 68.9 Å². The molecule has 4 aliphatic rings. The maximum absolute atomic E-state index is 6.28. The monoisotopic (exact) mass is 2420 g/mol. The van der Waals surface area contributed by atoms with E-state index in [4.69, 9.17) is 38.9 Å². The Hall–Kier alpha value is -14.8. The van der Waals surface area contributed by atoms with Gasteiger partial charge in [0.05, 0.1) is 11.4 Å². The van der Waals surface area contributed by atoms with Crippen LogP contribution in [0.1, 0.15) is 123 Å². The van der Waals surface area contributed by atoms with Gasteiger partial charge in [-0.1, -0.05) is 175 Å². The smallest absolute Gasteiger partial charge is 0.509 e. The van der Waals surface area contributed by atoms with Crippen molar-refractivity contribution in [2.45, 2.75) is 105 Å². The zero-order valence-corrected chi connectivity index (χ0v) is 87.7. The summed E-state index contributed by atoms with van der Waals surface area (Å²) >= 11 is 0. The zero-order chi connectivity index (χ0) is 94.9. The number of rotatable bonds is 12. The first-order chi connectivity index (χ1) is 68.0. The van der Waals surface area contributed by atoms with E-state index in [1.807, 2.05) is 220 Å². The van der Waals surface area contributed by atoms with Crippen LogP contribution in [0.4, 0.5) is 0 Å². The third kappa shape index (κ3) is 15.7. The number of ether oxygens (including phenoxy) is 4. The fraction of sp³-hybridized carbons (Fsp3) is 0.133. The quantitative estimate of drug-likeness (QED) is 0.0836. The summed E-state index contributed by atoms with van der Waals surface area (Å²) in [5, 5.41) is 27.1. The number of nitrogens with zero attached hydrogens (tertiary/aromatic N) is 16. The van der Waals surface area contributed by atoms with Crippen LogP contribution in [0.25, 0.3) is 133 Å². The Balaban J connectivity index is 0.000000112. The Bertz CT molecular complexity index is 8670. The molecule has 28 rings (SSSR count). The van der Waals surface area contributed by atoms with E-state index in [1.54, 1.807) is 21.8 Å². The van der Waals surface area contributed by atoms with E-state index in [-0.39, 0.29) is 105 Å². The summed E-state index contributed by atoms with van der Waals surface area (Å²) < 4.78 is 41.2. The van der Waals surface area contributed by atoms with Gasteiger partial charge in [0.15, 0.2) is 0 Å². The topological polar surface area (TPSA) is 179 Å². The van der Waals surface area contributed by atoms with Gasteiger partial charge in [-0.25, -0.2) is 19.9 Å². The normalized spacial score (nSPS) is 13.4. The number of benzene rings is 12. The molecule has 12 aromatic carbocycles. The van der Waals surface area contributed by atoms with Crippen LogP contribution >= 0.6 is 0 Å². The molecule has 0 spiro atoms. The zero-order valence-electron chi connectivity index (χ0n) is 80.1. The SMILES string of the molecule is CC1(C)c2cccnc2-n2c3[c-]c(Oc4[c-]c(-n5cccn5)ccc4)ccc3c3cccc1c32.CC1(C)c2cccnc2-n2c3[c-]c(Oc4[c-]c(-n5cccn5)ccc4)ccc3c3cccc1c32.Cc1cc(C)n(-c2[c-]c(Oc3[c-]c4c(cc3)c3cccc5c3n4-c3ncccc3C5(C)C)ccc2)n1.Cc1cc(C)n(-c2[c-]c(Oc3[c-]c4c(cc3)c3cccc5c3n4-c3ncccc3C5(C)C)ccc2)n1.[Pd+2].[Pd+2].[Pt+2].[Pt+2]. The van der Waals surface area contributed by atoms with Crippen LogP contribution in [0, 0.1) is 76.2 Å². The van der Waals surface area contributed by atoms with Crippen LogP contribution in [0.15, 0.2) is 316 Å². The van der Waals surface area contributed by atoms with Crippen molar-refractivity contribution in [2.75, 3.05) is 0 Å². The maximum atomic E-state index is 6.28. The Morgan fingerprint density at radius 1 is 0.243 bits per heavy atom. The third-order valence-corrected chi connectivity index (χ3v) is 27.9. The van der Waals surface area contributed by atoms with E-state index in [0.29, 0.717) is 46.0 Å². The maximum Gasteiger partial charge on any atom is 2.00 e. The molecule has 4 aliphatic heterocycles. The summed E-state index contributed by atoms with van der Waals surface area (Å²) in [6.07, 6.45) is 14.7. The third-order valence-electron chi connectivity index (χ3n) is 27.9. The minimum Gasteiger partial charge on any atom is -0.509 e. The first-order valence-corrected chi connectivity index (χ1v) is 46.8. The van der Waals surface area contributed by atoms with Crippen LogP contribution in [0.5, 0.6) is 46.0 Å². The van der Waals surface area contributed by atoms with Crippen LogP contribution in [-0.2, 0) is 105 Å². The van der Waals surface area contributed by atoms with E-state index < -0.39 is 0 Å². The van der Waals surface area contributed by atoms with E-state index in [0.717, 1.165) is 112 Å². The molecule has 12 aromatic heterocycles. The fourth-order valence-corrected chi connectivity index (χ4v) is 21.4. The van der Waals surface area contributed by atoms with Crippen molar-refractivity contribution in [3.8, 4) is 92.0 Å². The molecule has 0 saturated heterocycles. The summed E-state index contributed by atoms with van der Waals surface area (Å²) in [6, 6.07) is 118. The van der Waals surface area contributed by atoms with Gasteiger partial charge in [-0.15, -0.1) is 143 Å². The van der Waals surface area contributed by atoms with Gasteiger partial charge in [0.25, 0.3) is 0 Å². The van der Waals surface area contributed by atoms with Gasteiger partial charge >= 0.3 is 83.0 Å². The largest absolute Gasteiger partial charge is 2.00 e. The number of hydrogen-bond acceptors (Lipinski definition) is 12. The predicted molar refractivity (Wildman–Crippen MR) is 547 cm³/mol. The summed E-state index contributed by atoms with van der Waals surface area (Å²) in [6.45, 7) is 26.2. The van der Waals surface area contributed by atoms with Crippen molar-refractivity contribution < 1.29 is 102 Å². The average molecular weight is 2420 g/mol. The van der Waals surface area contributed by atoms with Crippen molar-refractivity contribution in [3.63, 3.8) is 0 Å². The minimum atomic E-state index is -0.148. The van der Waals surface area contributed by atoms with Crippen LogP contribution in [-0.4, -0.2) is 77.3 Å². The summed E-state index contributed by atoms with van der Waals surface area (Å²) in [7, 11) is 0. The Labute approximate surface area is 887 Å². The van der Waals surface area contributed by atoms with Crippen LogP contribution < -0.4 is 18.9 Å². The molecule has 0 saturated carbocycles. The van der Waals surface area contributed by atoms with E-state index in [9.17, 15) is 0 Å². The molecular formula is C120H88N16O4Pd2Pt2. The standard InChI is InChI=1S/2C31H24N4O.2C29H20N4O.2Pd.2Pt/c2*1-19-16-20(2)35(33-19)21-8-5-9-22(17-21)36-23-13-14-24-25-10-6-11-26-29(25)34(28(24)18-23)30-27(31(26,3)4)12-7-15-32-30;2*1-29(2)24-10-4-9-23-22-13-12-21(34-20-8-3-7-19(17-20)32-16-6-15-31-32)18-26(22)33(27(23)24)28-25(29)11-5-14-30-28;;;;/h2*5-16H,1-4H3;2*3-16H,1-2H3;;;;/q4*-2;4*+2. The van der Waals surface area contributed by atoms with E-state index >= 15 is 0 Å². The molecule has 0 bridgehead atoms. The minimum absolute atomic E-state index is 0. The summed E-state index contributed by atoms with van der Waals surface area (Å²) in [5.41, 5.74) is 25.3. The van der Waals surface area contributed by atoms with Gasteiger partial charge in [-0.05, 0) is 143 Å². The molecule has 0 fully saturated rings. The second kappa shape index (κ2) is 36.9. The molecule has 16 heterocycles. The Morgan fingerprint density at radius 3 is 0.736 bits per heavy atom. The molecule has 24 heteroatoms. The van der Waals surface area contributed by atoms with Gasteiger partial charge in [0, 0.05) is 173 Å². The summed E-state index contributed by atoms with van der Waals surface area (Å²) in [5.74, 6) is 8.78. The van der Waals surface area contributed by atoms with E-state index in [2.05, 4.69) is 264 Å². The Kier molecular flexibility index (Phi) is 24.4. The molecule has 24 aromatic rings. The number of aromatic nitrogens is 16. The van der Waals surface area contributed by atoms with Crippen molar-refractivity contribution in [1.82, 2.24) is 77.3 Å². The number of para-hydroxylation sites is 4. The average Bonchev–Trinajstić information content (AvgIpc) is 1.56. The van der Waals surface area contributed by atoms with Crippen molar-refractivity contribution in [1.29, 1.82) is 0 Å². The first-order valence-electron chi connectivity index (χ1n) is 46.8. The van der Waals surface area contributed by atoms with E-state index in [1.165, 1.54) is 88.1 Å². The molecule has 0 unspecified atom stereocenters. The molecule has 712 valence electrons. The second-order valence-electron chi connectivity index (χ2n) is 38.1. The Morgan fingerprint density at radius 2 is 0.486 bits per heavy atom. The molecule has 0 radical (unpaired) electrons. The number of fused-ring (bicyclic) bond motifs is 20. The predicted octanol–water partition coefficient (Wildman–Crippen LogP) is 26.8. The molecule has 0 aliphatic carbocycles. The first kappa shape index (κ1) is 95.4. The van der Waals surface area contributed by atoms with Gasteiger partial charge in [-0.3, -0.25) is 18.7 Å². The van der Waals surface area contributed by atoms with Gasteiger partial charge < -0.3 is 37.2 Å². The molecular weight excluding hydrogens is 2330 g/mol. The van der Waals surface area contributed by atoms with Crippen molar-refractivity contribution in [2.24, 2.45) is 0 Å². The molecule has 144 heavy (non-hydrogen) atoms. The molecule has 0 N–H and O–H groups in total.